The van der Waals surface area contributed by atoms with Gasteiger partial charge in [0.05, 0.1) is 25.2 Å². The fraction of sp³-hybridized carbons (Fsp3) is 0.588. The van der Waals surface area contributed by atoms with Crippen molar-refractivity contribution in [1.29, 1.82) is 0 Å². The zero-order valence-electron chi connectivity index (χ0n) is 15.0. The van der Waals surface area contributed by atoms with E-state index in [4.69, 9.17) is 18.9 Å². The number of rotatable bonds is 4. The Morgan fingerprint density at radius 3 is 2.48 bits per heavy atom. The molecule has 0 atom stereocenters. The Morgan fingerprint density at radius 1 is 1.15 bits per heavy atom. The SMILES string of the molecule is CS(=O)(=O)N(CC(=O)N1CCC2(CC1)OCCO2)c1ccc2c(c1)OCO2. The number of amides is 1. The third-order valence-electron chi connectivity index (χ3n) is 5.01. The molecule has 0 bridgehead atoms. The lowest BCUT2D eigenvalue weighted by molar-refractivity contribution is -0.187. The van der Waals surface area contributed by atoms with Crippen molar-refractivity contribution in [2.24, 2.45) is 0 Å². The molecule has 0 saturated carbocycles. The first-order valence-electron chi connectivity index (χ1n) is 8.79. The Hall–Kier alpha value is -2.04. The van der Waals surface area contributed by atoms with Gasteiger partial charge in [-0.05, 0) is 12.1 Å². The fourth-order valence-corrected chi connectivity index (χ4v) is 4.39. The minimum Gasteiger partial charge on any atom is -0.454 e. The molecule has 3 aliphatic heterocycles. The van der Waals surface area contributed by atoms with Crippen LogP contribution in [0.4, 0.5) is 5.69 Å². The molecule has 0 radical (unpaired) electrons. The van der Waals surface area contributed by atoms with E-state index in [0.717, 1.165) is 10.6 Å². The Labute approximate surface area is 157 Å². The number of likely N-dealkylation sites (tertiary alicyclic amines) is 1. The van der Waals surface area contributed by atoms with Crippen LogP contribution < -0.4 is 13.8 Å². The molecule has 0 N–H and O–H groups in total. The van der Waals surface area contributed by atoms with Crippen molar-refractivity contribution in [1.82, 2.24) is 4.90 Å². The third kappa shape index (κ3) is 3.69. The van der Waals surface area contributed by atoms with Crippen LogP contribution in [0.2, 0.25) is 0 Å². The van der Waals surface area contributed by atoms with E-state index in [2.05, 4.69) is 0 Å². The second-order valence-corrected chi connectivity index (χ2v) is 8.70. The van der Waals surface area contributed by atoms with Crippen molar-refractivity contribution in [2.75, 3.05) is 50.2 Å². The predicted molar refractivity (Wildman–Crippen MR) is 95.2 cm³/mol. The summed E-state index contributed by atoms with van der Waals surface area (Å²) in [7, 11) is -3.65. The zero-order valence-corrected chi connectivity index (χ0v) is 15.9. The van der Waals surface area contributed by atoms with E-state index in [9.17, 15) is 13.2 Å². The zero-order chi connectivity index (χ0) is 19.1. The summed E-state index contributed by atoms with van der Waals surface area (Å²) in [5.74, 6) is 0.177. The molecular weight excluding hydrogens is 376 g/mol. The number of hydrogen-bond donors (Lipinski definition) is 0. The second-order valence-electron chi connectivity index (χ2n) is 6.80. The third-order valence-corrected chi connectivity index (χ3v) is 6.16. The highest BCUT2D eigenvalue weighted by molar-refractivity contribution is 7.92. The van der Waals surface area contributed by atoms with Gasteiger partial charge in [-0.1, -0.05) is 0 Å². The second kappa shape index (κ2) is 6.84. The molecule has 0 aliphatic carbocycles. The lowest BCUT2D eigenvalue weighted by Gasteiger charge is -2.38. The van der Waals surface area contributed by atoms with Crippen LogP contribution in [0.15, 0.2) is 18.2 Å². The van der Waals surface area contributed by atoms with Crippen molar-refractivity contribution < 1.29 is 32.2 Å². The van der Waals surface area contributed by atoms with Gasteiger partial charge in [0.2, 0.25) is 22.7 Å². The Bertz CT molecular complexity index is 826. The van der Waals surface area contributed by atoms with E-state index in [-0.39, 0.29) is 19.2 Å². The van der Waals surface area contributed by atoms with Crippen LogP contribution in [0.5, 0.6) is 11.5 Å². The molecule has 27 heavy (non-hydrogen) atoms. The number of carbonyl (C=O) groups excluding carboxylic acids is 1. The molecule has 2 saturated heterocycles. The lowest BCUT2D eigenvalue weighted by Crippen LogP contribution is -2.50. The maximum Gasteiger partial charge on any atom is 0.243 e. The van der Waals surface area contributed by atoms with Crippen LogP contribution in [0, 0.1) is 0 Å². The van der Waals surface area contributed by atoms with Gasteiger partial charge in [0, 0.05) is 32.0 Å². The van der Waals surface area contributed by atoms with Gasteiger partial charge in [-0.25, -0.2) is 8.42 Å². The Morgan fingerprint density at radius 2 is 1.81 bits per heavy atom. The van der Waals surface area contributed by atoms with Crippen LogP contribution in [0.25, 0.3) is 0 Å². The number of anilines is 1. The summed E-state index contributed by atoms with van der Waals surface area (Å²) in [6.45, 7) is 1.90. The van der Waals surface area contributed by atoms with E-state index in [0.29, 0.717) is 56.3 Å². The average Bonchev–Trinajstić information content (AvgIpc) is 3.28. The summed E-state index contributed by atoms with van der Waals surface area (Å²) in [6, 6.07) is 4.81. The summed E-state index contributed by atoms with van der Waals surface area (Å²) in [5, 5.41) is 0. The van der Waals surface area contributed by atoms with E-state index < -0.39 is 15.8 Å². The predicted octanol–water partition coefficient (Wildman–Crippen LogP) is 0.547. The van der Waals surface area contributed by atoms with Crippen LogP contribution in [-0.4, -0.2) is 70.9 Å². The number of carbonyl (C=O) groups is 1. The number of fused-ring (bicyclic) bond motifs is 1. The molecule has 2 fully saturated rings. The summed E-state index contributed by atoms with van der Waals surface area (Å²) in [4.78, 5) is 14.4. The van der Waals surface area contributed by atoms with Gasteiger partial charge in [-0.15, -0.1) is 0 Å². The first kappa shape index (κ1) is 18.3. The van der Waals surface area contributed by atoms with Gasteiger partial charge >= 0.3 is 0 Å². The minimum atomic E-state index is -3.65. The maximum absolute atomic E-state index is 12.7. The monoisotopic (exact) mass is 398 g/mol. The molecule has 9 nitrogen and oxygen atoms in total. The van der Waals surface area contributed by atoms with Crippen LogP contribution in [-0.2, 0) is 24.3 Å². The van der Waals surface area contributed by atoms with Gasteiger partial charge < -0.3 is 23.8 Å². The minimum absolute atomic E-state index is 0.0935. The van der Waals surface area contributed by atoms with Crippen molar-refractivity contribution >= 4 is 21.6 Å². The van der Waals surface area contributed by atoms with Crippen molar-refractivity contribution in [3.05, 3.63) is 18.2 Å². The van der Waals surface area contributed by atoms with Gasteiger partial charge in [0.15, 0.2) is 17.3 Å². The number of benzene rings is 1. The highest BCUT2D eigenvalue weighted by atomic mass is 32.2. The van der Waals surface area contributed by atoms with E-state index in [1.165, 1.54) is 0 Å². The average molecular weight is 398 g/mol. The molecule has 4 rings (SSSR count). The molecule has 10 heteroatoms. The lowest BCUT2D eigenvalue weighted by atomic mass is 10.0. The molecule has 1 aromatic rings. The van der Waals surface area contributed by atoms with Gasteiger partial charge in [0.25, 0.3) is 0 Å². The van der Waals surface area contributed by atoms with Crippen molar-refractivity contribution in [3.63, 3.8) is 0 Å². The first-order valence-corrected chi connectivity index (χ1v) is 10.6. The van der Waals surface area contributed by atoms with Crippen LogP contribution in [0.1, 0.15) is 12.8 Å². The van der Waals surface area contributed by atoms with E-state index in [1.54, 1.807) is 23.1 Å². The van der Waals surface area contributed by atoms with Gasteiger partial charge in [-0.2, -0.15) is 0 Å². The molecule has 1 amide bonds. The van der Waals surface area contributed by atoms with Crippen molar-refractivity contribution in [2.45, 2.75) is 18.6 Å². The number of nitrogens with zero attached hydrogens (tertiary/aromatic N) is 2. The molecule has 0 aromatic heterocycles. The number of hydrogen-bond acceptors (Lipinski definition) is 7. The molecule has 1 aromatic carbocycles. The topological polar surface area (TPSA) is 94.6 Å². The molecule has 3 heterocycles. The van der Waals surface area contributed by atoms with Crippen LogP contribution in [0.3, 0.4) is 0 Å². The van der Waals surface area contributed by atoms with Crippen LogP contribution >= 0.6 is 0 Å². The largest absolute Gasteiger partial charge is 0.454 e. The smallest absolute Gasteiger partial charge is 0.243 e. The highest BCUT2D eigenvalue weighted by Crippen LogP contribution is 2.36. The summed E-state index contributed by atoms with van der Waals surface area (Å²) in [5.41, 5.74) is 0.367. The number of ether oxygens (including phenoxy) is 4. The quantitative estimate of drug-likeness (QED) is 0.731. The van der Waals surface area contributed by atoms with Gasteiger partial charge in [0.1, 0.15) is 6.54 Å². The normalized spacial score (nSPS) is 20.9. The van der Waals surface area contributed by atoms with E-state index >= 15 is 0 Å². The molecule has 148 valence electrons. The fourth-order valence-electron chi connectivity index (χ4n) is 3.55. The molecule has 1 spiro atoms. The molecule has 0 unspecified atom stereocenters. The van der Waals surface area contributed by atoms with Gasteiger partial charge in [-0.3, -0.25) is 9.10 Å². The summed E-state index contributed by atoms with van der Waals surface area (Å²) in [6.07, 6.45) is 2.25. The standard InChI is InChI=1S/C17H22N2O7S/c1-27(21,22)19(13-2-3-14-15(10-13)24-12-23-14)11-16(20)18-6-4-17(5-7-18)25-8-9-26-17/h2-3,10H,4-9,11-12H2,1H3. The highest BCUT2D eigenvalue weighted by Gasteiger charge is 2.41. The number of sulfonamides is 1. The Balaban J connectivity index is 1.47. The first-order chi connectivity index (χ1) is 12.9. The molecular formula is C17H22N2O7S. The molecule has 3 aliphatic rings. The summed E-state index contributed by atoms with van der Waals surface area (Å²) < 4.78 is 47.6. The maximum atomic E-state index is 12.7. The number of piperidine rings is 1. The van der Waals surface area contributed by atoms with Crippen molar-refractivity contribution in [3.8, 4) is 11.5 Å². The summed E-state index contributed by atoms with van der Waals surface area (Å²) >= 11 is 0. The van der Waals surface area contributed by atoms with E-state index in [1.807, 2.05) is 0 Å². The Kier molecular flexibility index (Phi) is 4.65.